The number of amides is 2. The van der Waals surface area contributed by atoms with Crippen molar-refractivity contribution in [1.82, 2.24) is 4.31 Å². The quantitative estimate of drug-likeness (QED) is 0.364. The van der Waals surface area contributed by atoms with Crippen LogP contribution in [0.4, 0.5) is 10.5 Å². The molecule has 30 heavy (non-hydrogen) atoms. The number of hydrogen-bond donors (Lipinski definition) is 0. The third kappa shape index (κ3) is 4.03. The standard InChI is InChI=1S/C21H15Cl2IN2O3S/c22-16-10-18(23)20-19(11-16)25(12-14-5-2-1-3-6-14)21(27)26(30(20,28)29)13-15-7-4-8-17(24)9-15/h1-11H,12-13H2. The molecular weight excluding hydrogens is 558 g/mol. The van der Waals surface area contributed by atoms with E-state index in [1.54, 1.807) is 6.07 Å². The SMILES string of the molecule is O=C1N(Cc2ccccc2)c2cc(Cl)cc(Cl)c2S(=O)(=O)N1Cc1cccc(I)c1. The molecule has 1 aliphatic rings. The molecule has 0 bridgehead atoms. The highest BCUT2D eigenvalue weighted by Gasteiger charge is 2.43. The van der Waals surface area contributed by atoms with Gasteiger partial charge in [-0.3, -0.25) is 4.90 Å². The van der Waals surface area contributed by atoms with Crippen molar-refractivity contribution < 1.29 is 13.2 Å². The van der Waals surface area contributed by atoms with Crippen LogP contribution < -0.4 is 4.90 Å². The topological polar surface area (TPSA) is 57.7 Å². The average molecular weight is 573 g/mol. The molecular formula is C21H15Cl2IN2O3S. The first-order valence-electron chi connectivity index (χ1n) is 8.89. The van der Waals surface area contributed by atoms with E-state index in [-0.39, 0.29) is 33.7 Å². The van der Waals surface area contributed by atoms with Crippen LogP contribution in [-0.4, -0.2) is 18.8 Å². The van der Waals surface area contributed by atoms with Crippen LogP contribution >= 0.6 is 45.8 Å². The summed E-state index contributed by atoms with van der Waals surface area (Å²) in [6.45, 7) is 0.0867. The van der Waals surface area contributed by atoms with E-state index in [9.17, 15) is 13.2 Å². The lowest BCUT2D eigenvalue weighted by Gasteiger charge is -2.37. The molecule has 9 heteroatoms. The molecule has 3 aromatic carbocycles. The Hall–Kier alpha value is -1.81. The fraction of sp³-hybridized carbons (Fsp3) is 0.0952. The predicted molar refractivity (Wildman–Crippen MR) is 126 cm³/mol. The van der Waals surface area contributed by atoms with Crippen molar-refractivity contribution in [3.63, 3.8) is 0 Å². The number of urea groups is 1. The smallest absolute Gasteiger partial charge is 0.288 e. The number of carbonyl (C=O) groups excluding carboxylic acids is 1. The second-order valence-electron chi connectivity index (χ2n) is 6.73. The van der Waals surface area contributed by atoms with E-state index >= 15 is 0 Å². The summed E-state index contributed by atoms with van der Waals surface area (Å²) < 4.78 is 28.6. The zero-order valence-corrected chi connectivity index (χ0v) is 19.9. The van der Waals surface area contributed by atoms with Crippen LogP contribution in [0, 0.1) is 3.57 Å². The highest BCUT2D eigenvalue weighted by molar-refractivity contribution is 14.1. The second-order valence-corrected chi connectivity index (χ2v) is 10.6. The second kappa shape index (κ2) is 8.37. The van der Waals surface area contributed by atoms with Gasteiger partial charge in [0.1, 0.15) is 4.90 Å². The first-order chi connectivity index (χ1) is 14.3. The maximum atomic E-state index is 13.4. The number of carbonyl (C=O) groups is 1. The van der Waals surface area contributed by atoms with E-state index in [2.05, 4.69) is 22.6 Å². The molecule has 0 saturated carbocycles. The van der Waals surface area contributed by atoms with Crippen LogP contribution in [0.15, 0.2) is 71.6 Å². The molecule has 4 rings (SSSR count). The molecule has 0 aromatic heterocycles. The number of benzene rings is 3. The van der Waals surface area contributed by atoms with Crippen molar-refractivity contribution >= 4 is 67.5 Å². The molecule has 0 atom stereocenters. The Kier molecular flexibility index (Phi) is 5.98. The summed E-state index contributed by atoms with van der Waals surface area (Å²) in [6.07, 6.45) is 0. The third-order valence-electron chi connectivity index (χ3n) is 4.67. The Balaban J connectivity index is 1.85. The van der Waals surface area contributed by atoms with Crippen LogP contribution in [0.5, 0.6) is 0 Å². The van der Waals surface area contributed by atoms with Crippen LogP contribution in [0.25, 0.3) is 0 Å². The van der Waals surface area contributed by atoms with Crippen LogP contribution in [0.1, 0.15) is 11.1 Å². The molecule has 0 saturated heterocycles. The molecule has 154 valence electrons. The minimum Gasteiger partial charge on any atom is -0.288 e. The largest absolute Gasteiger partial charge is 0.339 e. The summed E-state index contributed by atoms with van der Waals surface area (Å²) in [7, 11) is -4.17. The minimum absolute atomic E-state index is 0.0179. The maximum Gasteiger partial charge on any atom is 0.339 e. The van der Waals surface area contributed by atoms with Gasteiger partial charge in [0.2, 0.25) is 0 Å². The molecule has 1 aliphatic heterocycles. The lowest BCUT2D eigenvalue weighted by atomic mass is 10.2. The van der Waals surface area contributed by atoms with E-state index in [4.69, 9.17) is 23.2 Å². The van der Waals surface area contributed by atoms with Crippen molar-refractivity contribution in [2.75, 3.05) is 4.90 Å². The first kappa shape index (κ1) is 21.4. The van der Waals surface area contributed by atoms with Crippen molar-refractivity contribution in [2.24, 2.45) is 0 Å². The van der Waals surface area contributed by atoms with E-state index in [0.717, 1.165) is 13.4 Å². The van der Waals surface area contributed by atoms with Gasteiger partial charge in [-0.1, -0.05) is 65.7 Å². The average Bonchev–Trinajstić information content (AvgIpc) is 2.69. The monoisotopic (exact) mass is 572 g/mol. The molecule has 0 N–H and O–H groups in total. The molecule has 1 heterocycles. The molecule has 0 fully saturated rings. The van der Waals surface area contributed by atoms with Gasteiger partial charge in [0.15, 0.2) is 0 Å². The van der Waals surface area contributed by atoms with Gasteiger partial charge in [-0.2, -0.15) is 0 Å². The van der Waals surface area contributed by atoms with Crippen LogP contribution in [0.3, 0.4) is 0 Å². The molecule has 0 unspecified atom stereocenters. The fourth-order valence-corrected chi connectivity index (χ4v) is 6.29. The van der Waals surface area contributed by atoms with Crippen molar-refractivity contribution in [2.45, 2.75) is 18.0 Å². The zero-order chi connectivity index (χ0) is 21.5. The number of hydrogen-bond acceptors (Lipinski definition) is 3. The van der Waals surface area contributed by atoms with Gasteiger partial charge in [-0.25, -0.2) is 17.5 Å². The summed E-state index contributed by atoms with van der Waals surface area (Å²) >= 11 is 14.6. The van der Waals surface area contributed by atoms with Gasteiger partial charge in [0, 0.05) is 8.59 Å². The maximum absolute atomic E-state index is 13.4. The van der Waals surface area contributed by atoms with Crippen molar-refractivity contribution in [3.05, 3.63) is 91.5 Å². The first-order valence-corrected chi connectivity index (χ1v) is 12.2. The van der Waals surface area contributed by atoms with Gasteiger partial charge in [0.05, 0.1) is 23.8 Å². The summed E-state index contributed by atoms with van der Waals surface area (Å²) in [5, 5.41) is 0.238. The van der Waals surface area contributed by atoms with Gasteiger partial charge in [0.25, 0.3) is 10.0 Å². The van der Waals surface area contributed by atoms with E-state index in [1.807, 2.05) is 48.5 Å². The predicted octanol–water partition coefficient (Wildman–Crippen LogP) is 5.93. The molecule has 0 spiro atoms. The number of sulfonamides is 1. The molecule has 0 aliphatic carbocycles. The van der Waals surface area contributed by atoms with Crippen LogP contribution in [0.2, 0.25) is 10.0 Å². The lowest BCUT2D eigenvalue weighted by Crippen LogP contribution is -2.50. The number of fused-ring (bicyclic) bond motifs is 1. The van der Waals surface area contributed by atoms with Gasteiger partial charge >= 0.3 is 6.03 Å². The number of rotatable bonds is 4. The van der Waals surface area contributed by atoms with Gasteiger partial charge in [-0.05, 0) is 58.0 Å². The lowest BCUT2D eigenvalue weighted by molar-refractivity contribution is 0.226. The van der Waals surface area contributed by atoms with E-state index < -0.39 is 16.1 Å². The van der Waals surface area contributed by atoms with Crippen molar-refractivity contribution in [3.8, 4) is 0 Å². The summed E-state index contributed by atoms with van der Waals surface area (Å²) in [4.78, 5) is 14.7. The summed E-state index contributed by atoms with van der Waals surface area (Å²) in [5.41, 5.74) is 1.73. The minimum atomic E-state index is -4.17. The van der Waals surface area contributed by atoms with E-state index in [1.165, 1.54) is 17.0 Å². The fourth-order valence-electron chi connectivity index (χ4n) is 3.33. The number of anilines is 1. The molecule has 0 radical (unpaired) electrons. The third-order valence-corrected chi connectivity index (χ3v) is 7.78. The Morgan fingerprint density at radius 2 is 1.57 bits per heavy atom. The highest BCUT2D eigenvalue weighted by Crippen LogP contribution is 2.42. The van der Waals surface area contributed by atoms with Gasteiger partial charge in [-0.15, -0.1) is 0 Å². The summed E-state index contributed by atoms with van der Waals surface area (Å²) in [5.74, 6) is 0. The zero-order valence-electron chi connectivity index (χ0n) is 15.4. The highest BCUT2D eigenvalue weighted by atomic mass is 127. The number of halogens is 3. The Labute approximate surface area is 198 Å². The van der Waals surface area contributed by atoms with Crippen molar-refractivity contribution in [1.29, 1.82) is 0 Å². The van der Waals surface area contributed by atoms with Crippen LogP contribution in [-0.2, 0) is 23.1 Å². The Morgan fingerprint density at radius 3 is 2.27 bits per heavy atom. The van der Waals surface area contributed by atoms with Gasteiger partial charge < -0.3 is 0 Å². The van der Waals surface area contributed by atoms with E-state index in [0.29, 0.717) is 5.56 Å². The summed E-state index contributed by atoms with van der Waals surface area (Å²) in [6, 6.07) is 18.8. The number of nitrogens with zero attached hydrogens (tertiary/aromatic N) is 2. The normalized spacial score (nSPS) is 15.2. The Bertz CT molecular complexity index is 1240. The molecule has 2 amide bonds. The molecule has 5 nitrogen and oxygen atoms in total. The Morgan fingerprint density at radius 1 is 0.867 bits per heavy atom. The molecule has 3 aromatic rings.